The van der Waals surface area contributed by atoms with Gasteiger partial charge in [-0.3, -0.25) is 4.99 Å². The second-order valence-electron chi connectivity index (χ2n) is 3.05. The van der Waals surface area contributed by atoms with Gasteiger partial charge >= 0.3 is 0 Å². The van der Waals surface area contributed by atoms with E-state index in [4.69, 9.17) is 0 Å². The van der Waals surface area contributed by atoms with Crippen molar-refractivity contribution in [3.05, 3.63) is 17.4 Å². The first-order chi connectivity index (χ1) is 5.56. The maximum Gasteiger partial charge on any atom is 0.0981 e. The van der Waals surface area contributed by atoms with Gasteiger partial charge in [-0.05, 0) is 39.5 Å². The maximum atomic E-state index is 4.42. The molecule has 0 fully saturated rings. The van der Waals surface area contributed by atoms with Gasteiger partial charge in [0.05, 0.1) is 5.04 Å². The molecule has 0 rings (SSSR count). The van der Waals surface area contributed by atoms with Crippen LogP contribution in [-0.2, 0) is 0 Å². The fraction of sp³-hybridized carbons (Fsp3) is 0.600. The summed E-state index contributed by atoms with van der Waals surface area (Å²) >= 11 is 1.66. The largest absolute Gasteiger partial charge is 0.275 e. The highest BCUT2D eigenvalue weighted by Crippen LogP contribution is 2.02. The van der Waals surface area contributed by atoms with Gasteiger partial charge in [0, 0.05) is 12.1 Å². The van der Waals surface area contributed by atoms with E-state index < -0.39 is 0 Å². The average molecular weight is 183 g/mol. The van der Waals surface area contributed by atoms with Crippen LogP contribution >= 0.6 is 11.8 Å². The van der Waals surface area contributed by atoms with Gasteiger partial charge in [-0.1, -0.05) is 0 Å². The molecule has 12 heavy (non-hydrogen) atoms. The van der Waals surface area contributed by atoms with Gasteiger partial charge in [0.25, 0.3) is 0 Å². The summed E-state index contributed by atoms with van der Waals surface area (Å²) in [4.78, 5) is 4.42. The van der Waals surface area contributed by atoms with Gasteiger partial charge < -0.3 is 0 Å². The summed E-state index contributed by atoms with van der Waals surface area (Å²) in [5, 5.41) is 1.05. The lowest BCUT2D eigenvalue weighted by Gasteiger charge is -1.98. The molecule has 1 nitrogen and oxygen atoms in total. The highest BCUT2D eigenvalue weighted by Gasteiger charge is 1.92. The summed E-state index contributed by atoms with van der Waals surface area (Å²) < 4.78 is 0. The van der Waals surface area contributed by atoms with Gasteiger partial charge in [-0.25, -0.2) is 0 Å². The van der Waals surface area contributed by atoms with E-state index in [9.17, 15) is 0 Å². The molecule has 0 aliphatic rings. The summed E-state index contributed by atoms with van der Waals surface area (Å²) in [6.45, 7) is 8.22. The van der Waals surface area contributed by atoms with E-state index in [2.05, 4.69) is 24.6 Å². The van der Waals surface area contributed by atoms with Gasteiger partial charge in [0.15, 0.2) is 0 Å². The SMILES string of the molecule is CSC(C=C=C(C)C)=NC(C)C. The Morgan fingerprint density at radius 3 is 2.33 bits per heavy atom. The summed E-state index contributed by atoms with van der Waals surface area (Å²) in [7, 11) is 0. The molecule has 0 aromatic heterocycles. The third-order valence-electron chi connectivity index (χ3n) is 1.08. The fourth-order valence-corrected chi connectivity index (χ4v) is 1.10. The van der Waals surface area contributed by atoms with Crippen molar-refractivity contribution in [2.75, 3.05) is 6.26 Å². The van der Waals surface area contributed by atoms with Crippen LogP contribution < -0.4 is 0 Å². The molecule has 0 atom stereocenters. The first kappa shape index (κ1) is 11.5. The minimum absolute atomic E-state index is 0.364. The maximum absolute atomic E-state index is 4.42. The second-order valence-corrected chi connectivity index (χ2v) is 3.88. The lowest BCUT2D eigenvalue weighted by molar-refractivity contribution is 0.840. The van der Waals surface area contributed by atoms with Crippen LogP contribution in [0.5, 0.6) is 0 Å². The molecular formula is C10H17NS. The molecule has 2 heteroatoms. The van der Waals surface area contributed by atoms with Crippen molar-refractivity contribution in [2.45, 2.75) is 33.7 Å². The number of nitrogens with zero attached hydrogens (tertiary/aromatic N) is 1. The Bertz CT molecular complexity index is 216. The van der Waals surface area contributed by atoms with Crippen molar-refractivity contribution < 1.29 is 0 Å². The van der Waals surface area contributed by atoms with Crippen molar-refractivity contribution in [1.29, 1.82) is 0 Å². The second kappa shape index (κ2) is 6.10. The molecule has 0 saturated carbocycles. The Morgan fingerprint density at radius 1 is 1.42 bits per heavy atom. The van der Waals surface area contributed by atoms with E-state index in [1.165, 1.54) is 5.57 Å². The van der Waals surface area contributed by atoms with E-state index in [-0.39, 0.29) is 0 Å². The normalized spacial score (nSPS) is 11.3. The average Bonchev–Trinajstić information content (AvgIpc) is 1.97. The Kier molecular flexibility index (Phi) is 5.87. The van der Waals surface area contributed by atoms with Crippen molar-refractivity contribution >= 4 is 16.8 Å². The molecule has 0 saturated heterocycles. The first-order valence-corrected chi connectivity index (χ1v) is 5.30. The predicted octanol–water partition coefficient (Wildman–Crippen LogP) is 3.28. The molecule has 0 spiro atoms. The van der Waals surface area contributed by atoms with E-state index >= 15 is 0 Å². The van der Waals surface area contributed by atoms with Crippen LogP contribution in [0.3, 0.4) is 0 Å². The molecule has 68 valence electrons. The van der Waals surface area contributed by atoms with E-state index in [1.54, 1.807) is 11.8 Å². The quantitative estimate of drug-likeness (QED) is 0.363. The zero-order valence-electron chi connectivity index (χ0n) is 8.51. The van der Waals surface area contributed by atoms with Crippen molar-refractivity contribution in [3.63, 3.8) is 0 Å². The Hall–Kier alpha value is -0.460. The zero-order chi connectivity index (χ0) is 9.56. The van der Waals surface area contributed by atoms with Gasteiger partial charge in [0.2, 0.25) is 0 Å². The smallest absolute Gasteiger partial charge is 0.0981 e. The molecular weight excluding hydrogens is 166 g/mol. The Balaban J connectivity index is 4.49. The van der Waals surface area contributed by atoms with E-state index in [0.29, 0.717) is 6.04 Å². The zero-order valence-corrected chi connectivity index (χ0v) is 9.33. The van der Waals surface area contributed by atoms with Crippen molar-refractivity contribution in [2.24, 2.45) is 4.99 Å². The monoisotopic (exact) mass is 183 g/mol. The molecule has 0 bridgehead atoms. The van der Waals surface area contributed by atoms with Gasteiger partial charge in [0.1, 0.15) is 0 Å². The topological polar surface area (TPSA) is 12.4 Å². The van der Waals surface area contributed by atoms with E-state index in [1.807, 2.05) is 26.2 Å². The molecule has 0 aliphatic heterocycles. The molecule has 0 aromatic rings. The molecule has 0 radical (unpaired) electrons. The fourth-order valence-electron chi connectivity index (χ4n) is 0.609. The highest BCUT2D eigenvalue weighted by molar-refractivity contribution is 8.13. The number of aliphatic imine (C=N–C) groups is 1. The summed E-state index contributed by atoms with van der Waals surface area (Å²) in [6.07, 6.45) is 3.98. The van der Waals surface area contributed by atoms with Crippen molar-refractivity contribution in [3.8, 4) is 0 Å². The standard InChI is InChI=1S/C10H17NS/c1-8(2)6-7-10(12-5)11-9(3)4/h7,9H,1-5H3. The lowest BCUT2D eigenvalue weighted by atomic mass is 10.4. The molecule has 0 heterocycles. The van der Waals surface area contributed by atoms with Crippen LogP contribution in [0.15, 0.2) is 22.4 Å². The van der Waals surface area contributed by atoms with Gasteiger partial charge in [-0.2, -0.15) is 0 Å². The highest BCUT2D eigenvalue weighted by atomic mass is 32.2. The molecule has 0 aliphatic carbocycles. The molecule has 0 N–H and O–H groups in total. The number of thioether (sulfide) groups is 1. The number of rotatable bonds is 2. The predicted molar refractivity (Wildman–Crippen MR) is 59.0 cm³/mol. The van der Waals surface area contributed by atoms with Crippen LogP contribution in [0.1, 0.15) is 27.7 Å². The van der Waals surface area contributed by atoms with E-state index in [0.717, 1.165) is 5.04 Å². The summed E-state index contributed by atoms with van der Waals surface area (Å²) in [6, 6.07) is 0.364. The third kappa shape index (κ3) is 6.26. The third-order valence-corrected chi connectivity index (χ3v) is 1.72. The van der Waals surface area contributed by atoms with Crippen LogP contribution in [0.2, 0.25) is 0 Å². The molecule has 0 amide bonds. The lowest BCUT2D eigenvalue weighted by Crippen LogP contribution is -1.94. The number of hydrogen-bond acceptors (Lipinski definition) is 2. The van der Waals surface area contributed by atoms with Crippen LogP contribution in [0.25, 0.3) is 0 Å². The first-order valence-electron chi connectivity index (χ1n) is 4.08. The Labute approximate surface area is 79.7 Å². The van der Waals surface area contributed by atoms with Crippen LogP contribution in [0, 0.1) is 0 Å². The minimum Gasteiger partial charge on any atom is -0.275 e. The molecule has 0 unspecified atom stereocenters. The number of hydrogen-bond donors (Lipinski definition) is 0. The van der Waals surface area contributed by atoms with Crippen molar-refractivity contribution in [1.82, 2.24) is 0 Å². The molecule has 0 aromatic carbocycles. The summed E-state index contributed by atoms with van der Waals surface area (Å²) in [5.74, 6) is 0. The van der Waals surface area contributed by atoms with Crippen LogP contribution in [-0.4, -0.2) is 17.3 Å². The summed E-state index contributed by atoms with van der Waals surface area (Å²) in [5.41, 5.74) is 4.32. The van der Waals surface area contributed by atoms with Crippen LogP contribution in [0.4, 0.5) is 0 Å². The van der Waals surface area contributed by atoms with Gasteiger partial charge in [-0.15, -0.1) is 17.5 Å². The minimum atomic E-state index is 0.364. The Morgan fingerprint density at radius 2 is 2.00 bits per heavy atom.